The number of ketones is 1. The molecule has 238 valence electrons. The number of hydrogen-bond acceptors (Lipinski definition) is 7. The number of aromatic nitrogens is 1. The molecule has 1 aromatic heterocycles. The van der Waals surface area contributed by atoms with Gasteiger partial charge in [0.25, 0.3) is 5.56 Å². The molecule has 1 atom stereocenters. The van der Waals surface area contributed by atoms with E-state index in [0.717, 1.165) is 28.8 Å². The van der Waals surface area contributed by atoms with Crippen LogP contribution < -0.4 is 11.3 Å². The number of aliphatic carboxylic acids is 1. The quantitative estimate of drug-likeness (QED) is 0.247. The molecule has 0 fully saturated rings. The van der Waals surface area contributed by atoms with E-state index in [0.29, 0.717) is 22.1 Å². The van der Waals surface area contributed by atoms with Crippen molar-refractivity contribution in [2.45, 2.75) is 45.3 Å². The maximum absolute atomic E-state index is 14.3. The number of ether oxygens (including phenoxy) is 1. The number of imide groups is 1. The first kappa shape index (κ1) is 33.2. The molecule has 0 saturated heterocycles. The van der Waals surface area contributed by atoms with Crippen molar-refractivity contribution >= 4 is 29.6 Å². The molecule has 0 spiro atoms. The van der Waals surface area contributed by atoms with E-state index in [1.54, 1.807) is 51.1 Å². The van der Waals surface area contributed by atoms with Gasteiger partial charge in [-0.15, -0.1) is 0 Å². The van der Waals surface area contributed by atoms with Crippen molar-refractivity contribution in [2.75, 3.05) is 5.73 Å². The highest BCUT2D eigenvalue weighted by Crippen LogP contribution is 2.22. The van der Waals surface area contributed by atoms with Gasteiger partial charge < -0.3 is 15.6 Å². The number of hydrogen-bond donors (Lipinski definition) is 2. The molecule has 4 rings (SSSR count). The van der Waals surface area contributed by atoms with Crippen LogP contribution in [0, 0.1) is 11.6 Å². The van der Waals surface area contributed by atoms with Crippen molar-refractivity contribution in [1.29, 1.82) is 0 Å². The second-order valence-electron chi connectivity index (χ2n) is 11.4. The summed E-state index contributed by atoms with van der Waals surface area (Å²) in [4.78, 5) is 65.4. The first-order chi connectivity index (χ1) is 21.7. The highest BCUT2D eigenvalue weighted by atomic mass is 19.1. The van der Waals surface area contributed by atoms with Crippen LogP contribution in [0.25, 0.3) is 5.69 Å². The number of pyridine rings is 1. The second kappa shape index (κ2) is 13.6. The Kier molecular flexibility index (Phi) is 9.79. The largest absolute Gasteiger partial charge is 0.480 e. The fourth-order valence-corrected chi connectivity index (χ4v) is 4.69. The molecule has 12 heteroatoms. The predicted molar refractivity (Wildman–Crippen MR) is 165 cm³/mol. The number of halogens is 2. The number of carboxylic acids is 1. The van der Waals surface area contributed by atoms with E-state index in [9.17, 15) is 37.9 Å². The Labute approximate surface area is 262 Å². The summed E-state index contributed by atoms with van der Waals surface area (Å²) < 4.78 is 34.1. The van der Waals surface area contributed by atoms with Gasteiger partial charge in [-0.3, -0.25) is 19.0 Å². The summed E-state index contributed by atoms with van der Waals surface area (Å²) in [6.07, 6.45) is -1.67. The van der Waals surface area contributed by atoms with Crippen LogP contribution >= 0.6 is 0 Å². The van der Waals surface area contributed by atoms with Crippen LogP contribution in [0.15, 0.2) is 89.7 Å². The fraction of sp³-hybridized carbons (Fsp3) is 0.206. The Morgan fingerprint density at radius 2 is 1.52 bits per heavy atom. The van der Waals surface area contributed by atoms with Crippen molar-refractivity contribution in [1.82, 2.24) is 9.47 Å². The minimum atomic E-state index is -1.56. The molecule has 3 aromatic carbocycles. The molecule has 1 heterocycles. The minimum Gasteiger partial charge on any atom is -0.480 e. The summed E-state index contributed by atoms with van der Waals surface area (Å²) in [5.74, 6) is -5.36. The SMILES string of the molecule is CC(C)(C)OC(=O)N(C(=O)Cc1ccc(-n2c(N)c(C(=O)c3ccc(F)cc3F)ccc2=O)cc1)C(Cc1ccccc1)C(=O)O. The smallest absolute Gasteiger partial charge is 0.417 e. The van der Waals surface area contributed by atoms with E-state index in [4.69, 9.17) is 10.5 Å². The molecule has 4 aromatic rings. The summed E-state index contributed by atoms with van der Waals surface area (Å²) in [5, 5.41) is 10.0. The molecule has 2 amide bonds. The monoisotopic (exact) mass is 631 g/mol. The summed E-state index contributed by atoms with van der Waals surface area (Å²) in [5.41, 5.74) is 5.06. The lowest BCUT2D eigenvalue weighted by atomic mass is 10.0. The number of carbonyl (C=O) groups excluding carboxylic acids is 3. The van der Waals surface area contributed by atoms with Crippen molar-refractivity contribution < 1.29 is 37.8 Å². The van der Waals surface area contributed by atoms with Crippen molar-refractivity contribution in [3.8, 4) is 5.69 Å². The molecule has 0 radical (unpaired) electrons. The van der Waals surface area contributed by atoms with Crippen molar-refractivity contribution in [3.05, 3.63) is 129 Å². The molecular formula is C34H31F2N3O7. The van der Waals surface area contributed by atoms with Crippen LogP contribution in [-0.4, -0.2) is 50.0 Å². The molecular weight excluding hydrogens is 600 g/mol. The zero-order valence-corrected chi connectivity index (χ0v) is 25.2. The number of carboxylic acid groups (broad SMARTS) is 1. The lowest BCUT2D eigenvalue weighted by Gasteiger charge is -2.30. The van der Waals surface area contributed by atoms with E-state index < -0.39 is 64.6 Å². The van der Waals surface area contributed by atoms with E-state index in [2.05, 4.69) is 0 Å². The third-order valence-electron chi connectivity index (χ3n) is 6.83. The standard InChI is InChI=1S/C34H31F2N3O7/c1-34(2,3)46-33(45)39(27(32(43)44)17-20-7-5-4-6-8-20)29(41)18-21-9-12-23(13-10-21)38-28(40)16-15-25(31(38)37)30(42)24-14-11-22(35)19-26(24)36/h4-16,19,27H,17-18,37H2,1-3H3,(H,43,44). The number of rotatable bonds is 9. The Balaban J connectivity index is 1.63. The average molecular weight is 632 g/mol. The van der Waals surface area contributed by atoms with Gasteiger partial charge in [0, 0.05) is 18.6 Å². The molecule has 46 heavy (non-hydrogen) atoms. The van der Waals surface area contributed by atoms with Crippen molar-refractivity contribution in [2.24, 2.45) is 0 Å². The van der Waals surface area contributed by atoms with Crippen LogP contribution in [0.3, 0.4) is 0 Å². The van der Waals surface area contributed by atoms with Crippen LogP contribution in [0.5, 0.6) is 0 Å². The molecule has 0 aliphatic rings. The summed E-state index contributed by atoms with van der Waals surface area (Å²) in [7, 11) is 0. The fourth-order valence-electron chi connectivity index (χ4n) is 4.69. The topological polar surface area (TPSA) is 149 Å². The van der Waals surface area contributed by atoms with Gasteiger partial charge in [0.2, 0.25) is 5.91 Å². The normalized spacial score (nSPS) is 11.8. The van der Waals surface area contributed by atoms with E-state index >= 15 is 0 Å². The zero-order chi connectivity index (χ0) is 33.8. The Morgan fingerprint density at radius 1 is 0.891 bits per heavy atom. The predicted octanol–water partition coefficient (Wildman–Crippen LogP) is 4.93. The molecule has 0 aliphatic carbocycles. The summed E-state index contributed by atoms with van der Waals surface area (Å²) in [6, 6.07) is 17.4. The van der Waals surface area contributed by atoms with Crippen LogP contribution in [0.2, 0.25) is 0 Å². The number of nitrogens with two attached hydrogens (primary N) is 1. The number of benzene rings is 3. The van der Waals surface area contributed by atoms with E-state index in [-0.39, 0.29) is 23.5 Å². The molecule has 0 bridgehead atoms. The third kappa shape index (κ3) is 7.70. The van der Waals surface area contributed by atoms with Gasteiger partial charge in [-0.2, -0.15) is 0 Å². The minimum absolute atomic E-state index is 0.154. The summed E-state index contributed by atoms with van der Waals surface area (Å²) in [6.45, 7) is 4.77. The molecule has 10 nitrogen and oxygen atoms in total. The van der Waals surface area contributed by atoms with Gasteiger partial charge in [0.05, 0.1) is 23.2 Å². The molecule has 3 N–H and O–H groups in total. The Hall–Kier alpha value is -5.65. The zero-order valence-electron chi connectivity index (χ0n) is 25.2. The van der Waals surface area contributed by atoms with E-state index in [1.807, 2.05) is 0 Å². The molecule has 0 saturated carbocycles. The first-order valence-corrected chi connectivity index (χ1v) is 14.1. The van der Waals surface area contributed by atoms with Crippen LogP contribution in [-0.2, 0) is 27.2 Å². The Morgan fingerprint density at radius 3 is 2.11 bits per heavy atom. The first-order valence-electron chi connectivity index (χ1n) is 14.1. The van der Waals surface area contributed by atoms with Gasteiger partial charge in [-0.1, -0.05) is 42.5 Å². The Bertz CT molecular complexity index is 1850. The second-order valence-corrected chi connectivity index (χ2v) is 11.4. The van der Waals surface area contributed by atoms with Gasteiger partial charge in [0.1, 0.15) is 29.1 Å². The van der Waals surface area contributed by atoms with Gasteiger partial charge >= 0.3 is 12.1 Å². The number of nitrogens with zero attached hydrogens (tertiary/aromatic N) is 2. The van der Waals surface area contributed by atoms with E-state index in [1.165, 1.54) is 24.3 Å². The number of anilines is 1. The number of nitrogen functional groups attached to an aromatic ring is 1. The highest BCUT2D eigenvalue weighted by Gasteiger charge is 2.37. The number of amides is 2. The van der Waals surface area contributed by atoms with Crippen molar-refractivity contribution in [3.63, 3.8) is 0 Å². The number of carbonyl (C=O) groups is 4. The molecule has 0 aliphatic heterocycles. The third-order valence-corrected chi connectivity index (χ3v) is 6.83. The van der Waals surface area contributed by atoms with Gasteiger partial charge in [0.15, 0.2) is 5.78 Å². The highest BCUT2D eigenvalue weighted by molar-refractivity contribution is 6.11. The average Bonchev–Trinajstić information content (AvgIpc) is 2.97. The van der Waals surface area contributed by atoms with Crippen LogP contribution in [0.1, 0.15) is 47.8 Å². The molecule has 1 unspecified atom stereocenters. The maximum atomic E-state index is 14.3. The summed E-state index contributed by atoms with van der Waals surface area (Å²) >= 11 is 0. The lowest BCUT2D eigenvalue weighted by Crippen LogP contribution is -2.52. The van der Waals surface area contributed by atoms with Crippen LogP contribution in [0.4, 0.5) is 19.4 Å². The van der Waals surface area contributed by atoms with Gasteiger partial charge in [-0.05, 0) is 62.2 Å². The van der Waals surface area contributed by atoms with Gasteiger partial charge in [-0.25, -0.2) is 23.3 Å². The maximum Gasteiger partial charge on any atom is 0.417 e. The lowest BCUT2D eigenvalue weighted by molar-refractivity contribution is -0.149.